The van der Waals surface area contributed by atoms with Gasteiger partial charge >= 0.3 is 5.97 Å². The molecular formula is C9H16N2O2. The zero-order valence-electron chi connectivity index (χ0n) is 8.63. The molecule has 2 aliphatic heterocycles. The predicted octanol–water partition coefficient (Wildman–Crippen LogP) is -0.105. The van der Waals surface area contributed by atoms with E-state index in [1.165, 1.54) is 0 Å². The number of hydrogen-bond acceptors (Lipinski definition) is 4. The van der Waals surface area contributed by atoms with Crippen LogP contribution in [0.4, 0.5) is 0 Å². The summed E-state index contributed by atoms with van der Waals surface area (Å²) in [4.78, 5) is 15.9. The molecule has 0 aromatic carbocycles. The standard InChI is InChI=1S/C9H16N2O2/c1-5-13-7(12)8(2)9(11(8)4)6-10(9)3/h5-6H2,1-4H3/t8-,9-,10?,11?/m0/s1. The molecule has 0 amide bonds. The summed E-state index contributed by atoms with van der Waals surface area (Å²) in [5.74, 6) is -0.0955. The van der Waals surface area contributed by atoms with E-state index < -0.39 is 5.54 Å². The van der Waals surface area contributed by atoms with Crippen molar-refractivity contribution in [1.82, 2.24) is 9.80 Å². The van der Waals surface area contributed by atoms with Crippen LogP contribution in [0, 0.1) is 0 Å². The Bertz CT molecular complexity index is 268. The smallest absolute Gasteiger partial charge is 0.329 e. The topological polar surface area (TPSA) is 32.3 Å². The average molecular weight is 184 g/mol. The molecule has 2 fully saturated rings. The maximum atomic E-state index is 11.6. The van der Waals surface area contributed by atoms with E-state index in [0.717, 1.165) is 6.54 Å². The van der Waals surface area contributed by atoms with Crippen molar-refractivity contribution in [2.24, 2.45) is 0 Å². The maximum Gasteiger partial charge on any atom is 0.329 e. The number of ether oxygens (including phenoxy) is 1. The summed E-state index contributed by atoms with van der Waals surface area (Å²) in [6.45, 7) is 5.22. The van der Waals surface area contributed by atoms with E-state index in [0.29, 0.717) is 6.61 Å². The lowest BCUT2D eigenvalue weighted by atomic mass is 10.1. The number of rotatable bonds is 2. The lowest BCUT2D eigenvalue weighted by Gasteiger charge is -2.07. The molecule has 2 unspecified atom stereocenters. The van der Waals surface area contributed by atoms with Gasteiger partial charge < -0.3 is 4.74 Å². The summed E-state index contributed by atoms with van der Waals surface area (Å²) < 4.78 is 5.06. The predicted molar refractivity (Wildman–Crippen MR) is 48.2 cm³/mol. The SMILES string of the molecule is CCOC(=O)[C@]1(C)N(C)[C@@]12CN2C. The Morgan fingerprint density at radius 2 is 2.08 bits per heavy atom. The van der Waals surface area contributed by atoms with Crippen molar-refractivity contribution in [3.05, 3.63) is 0 Å². The van der Waals surface area contributed by atoms with Gasteiger partial charge in [-0.3, -0.25) is 9.80 Å². The van der Waals surface area contributed by atoms with Crippen molar-refractivity contribution in [1.29, 1.82) is 0 Å². The molecule has 4 nitrogen and oxygen atoms in total. The van der Waals surface area contributed by atoms with Gasteiger partial charge in [0.1, 0.15) is 5.66 Å². The molecule has 0 bridgehead atoms. The van der Waals surface area contributed by atoms with E-state index in [1.54, 1.807) is 0 Å². The van der Waals surface area contributed by atoms with Crippen LogP contribution < -0.4 is 0 Å². The van der Waals surface area contributed by atoms with Crippen LogP contribution in [0.2, 0.25) is 0 Å². The molecule has 2 aliphatic rings. The Morgan fingerprint density at radius 1 is 1.54 bits per heavy atom. The van der Waals surface area contributed by atoms with Gasteiger partial charge in [0.25, 0.3) is 0 Å². The fourth-order valence-corrected chi connectivity index (χ4v) is 2.44. The molecule has 2 rings (SSSR count). The Labute approximate surface area is 78.4 Å². The van der Waals surface area contributed by atoms with Crippen LogP contribution in [-0.2, 0) is 9.53 Å². The minimum atomic E-state index is -0.405. The first kappa shape index (κ1) is 8.97. The molecule has 74 valence electrons. The second-order valence-corrected chi connectivity index (χ2v) is 4.02. The van der Waals surface area contributed by atoms with Gasteiger partial charge in [-0.25, -0.2) is 4.79 Å². The fourth-order valence-electron chi connectivity index (χ4n) is 2.44. The van der Waals surface area contributed by atoms with Crippen molar-refractivity contribution in [2.75, 3.05) is 27.2 Å². The number of carbonyl (C=O) groups excluding carboxylic acids is 1. The first-order valence-electron chi connectivity index (χ1n) is 4.64. The van der Waals surface area contributed by atoms with E-state index in [-0.39, 0.29) is 11.6 Å². The molecule has 0 N–H and O–H groups in total. The first-order chi connectivity index (χ1) is 6.01. The van der Waals surface area contributed by atoms with Crippen molar-refractivity contribution in [2.45, 2.75) is 25.0 Å². The average Bonchev–Trinajstić information content (AvgIpc) is 2.86. The molecule has 1 spiro atoms. The molecule has 2 heterocycles. The van der Waals surface area contributed by atoms with Crippen LogP contribution in [0.3, 0.4) is 0 Å². The van der Waals surface area contributed by atoms with Gasteiger partial charge in [0.05, 0.1) is 6.61 Å². The molecule has 4 heteroatoms. The summed E-state index contributed by atoms with van der Waals surface area (Å²) in [6.07, 6.45) is 0. The van der Waals surface area contributed by atoms with E-state index >= 15 is 0 Å². The van der Waals surface area contributed by atoms with Crippen LogP contribution in [0.25, 0.3) is 0 Å². The van der Waals surface area contributed by atoms with E-state index in [1.807, 2.05) is 27.9 Å². The zero-order valence-corrected chi connectivity index (χ0v) is 8.63. The van der Waals surface area contributed by atoms with Crippen LogP contribution in [0.5, 0.6) is 0 Å². The van der Waals surface area contributed by atoms with Gasteiger partial charge in [-0.1, -0.05) is 0 Å². The minimum absolute atomic E-state index is 0.0146. The van der Waals surface area contributed by atoms with E-state index in [2.05, 4.69) is 9.80 Å². The van der Waals surface area contributed by atoms with Crippen LogP contribution in [-0.4, -0.2) is 54.2 Å². The molecule has 2 saturated heterocycles. The highest BCUT2D eigenvalue weighted by atomic mass is 16.5. The third-order valence-corrected chi connectivity index (χ3v) is 3.61. The van der Waals surface area contributed by atoms with Gasteiger partial charge in [0, 0.05) is 6.54 Å². The highest BCUT2D eigenvalue weighted by Crippen LogP contribution is 2.61. The monoisotopic (exact) mass is 184 g/mol. The molecule has 0 aromatic rings. The molecule has 0 saturated carbocycles. The number of nitrogens with zero attached hydrogens (tertiary/aromatic N) is 2. The highest BCUT2D eigenvalue weighted by molar-refractivity contribution is 5.88. The quantitative estimate of drug-likeness (QED) is 0.443. The minimum Gasteiger partial charge on any atom is -0.465 e. The Balaban J connectivity index is 2.12. The Hall–Kier alpha value is -0.610. The number of hydrogen-bond donors (Lipinski definition) is 0. The first-order valence-corrected chi connectivity index (χ1v) is 4.64. The molecular weight excluding hydrogens is 168 g/mol. The summed E-state index contributed by atoms with van der Waals surface area (Å²) in [7, 11) is 4.00. The molecule has 4 atom stereocenters. The van der Waals surface area contributed by atoms with Crippen molar-refractivity contribution in [3.8, 4) is 0 Å². The Kier molecular flexibility index (Phi) is 1.55. The summed E-state index contributed by atoms with van der Waals surface area (Å²) in [6, 6.07) is 0. The Morgan fingerprint density at radius 3 is 2.38 bits per heavy atom. The molecule has 0 radical (unpaired) electrons. The van der Waals surface area contributed by atoms with Crippen LogP contribution >= 0.6 is 0 Å². The lowest BCUT2D eigenvalue weighted by molar-refractivity contribution is -0.147. The van der Waals surface area contributed by atoms with Crippen LogP contribution in [0.15, 0.2) is 0 Å². The highest BCUT2D eigenvalue weighted by Gasteiger charge is 2.85. The van der Waals surface area contributed by atoms with Gasteiger partial charge in [-0.15, -0.1) is 0 Å². The summed E-state index contributed by atoms with van der Waals surface area (Å²) in [5, 5.41) is 0. The third-order valence-electron chi connectivity index (χ3n) is 3.61. The number of likely N-dealkylation sites (N-methyl/N-ethyl adjacent to an activating group) is 2. The fraction of sp³-hybridized carbons (Fsp3) is 0.889. The largest absolute Gasteiger partial charge is 0.465 e. The molecule has 0 aliphatic carbocycles. The molecule has 0 aromatic heterocycles. The third kappa shape index (κ3) is 0.758. The van der Waals surface area contributed by atoms with Gasteiger partial charge in [-0.2, -0.15) is 0 Å². The van der Waals surface area contributed by atoms with Crippen molar-refractivity contribution >= 4 is 5.97 Å². The maximum absolute atomic E-state index is 11.6. The summed E-state index contributed by atoms with van der Waals surface area (Å²) >= 11 is 0. The van der Waals surface area contributed by atoms with E-state index in [9.17, 15) is 4.79 Å². The van der Waals surface area contributed by atoms with Gasteiger partial charge in [-0.05, 0) is 27.9 Å². The van der Waals surface area contributed by atoms with Gasteiger partial charge in [0.2, 0.25) is 0 Å². The van der Waals surface area contributed by atoms with E-state index in [4.69, 9.17) is 4.74 Å². The second-order valence-electron chi connectivity index (χ2n) is 4.02. The number of carbonyl (C=O) groups is 1. The zero-order chi connectivity index (χ0) is 9.85. The number of esters is 1. The molecule has 13 heavy (non-hydrogen) atoms. The van der Waals surface area contributed by atoms with Crippen molar-refractivity contribution in [3.63, 3.8) is 0 Å². The van der Waals surface area contributed by atoms with Crippen LogP contribution in [0.1, 0.15) is 13.8 Å². The lowest BCUT2D eigenvalue weighted by Crippen LogP contribution is -2.30. The van der Waals surface area contributed by atoms with Crippen molar-refractivity contribution < 1.29 is 9.53 Å². The van der Waals surface area contributed by atoms with Gasteiger partial charge in [0.15, 0.2) is 5.54 Å². The summed E-state index contributed by atoms with van der Waals surface area (Å²) in [5.41, 5.74) is -0.420. The normalized spacial score (nSPS) is 52.0. The second kappa shape index (κ2) is 2.25.